The standard InChI is InChI=1S/C9H11N5O2/c1-6-13-8(14-16-6)4-10-7-3-9(15-2)12-5-11-7/h3,5H,4H2,1-2H3,(H,10,11,12). The normalized spacial score (nSPS) is 10.1. The fourth-order valence-electron chi connectivity index (χ4n) is 1.13. The topological polar surface area (TPSA) is 86.0 Å². The molecule has 0 radical (unpaired) electrons. The first-order valence-electron chi connectivity index (χ1n) is 4.67. The van der Waals surface area contributed by atoms with Crippen molar-refractivity contribution in [3.05, 3.63) is 24.1 Å². The molecular formula is C9H11N5O2. The molecule has 1 N–H and O–H groups in total. The number of nitrogens with one attached hydrogen (secondary N) is 1. The molecule has 0 aromatic carbocycles. The lowest BCUT2D eigenvalue weighted by Crippen LogP contribution is -2.03. The highest BCUT2D eigenvalue weighted by Crippen LogP contribution is 2.10. The Kier molecular flexibility index (Phi) is 2.95. The number of ether oxygens (including phenoxy) is 1. The predicted octanol–water partition coefficient (Wildman–Crippen LogP) is 0.789. The van der Waals surface area contributed by atoms with E-state index >= 15 is 0 Å². The molecule has 0 saturated heterocycles. The summed E-state index contributed by atoms with van der Waals surface area (Å²) in [5.74, 6) is 2.27. The van der Waals surface area contributed by atoms with E-state index in [9.17, 15) is 0 Å². The Morgan fingerprint density at radius 2 is 2.31 bits per heavy atom. The number of methoxy groups -OCH3 is 1. The molecular weight excluding hydrogens is 210 g/mol. The van der Waals surface area contributed by atoms with Crippen molar-refractivity contribution in [2.24, 2.45) is 0 Å². The number of hydrogen-bond donors (Lipinski definition) is 1. The summed E-state index contributed by atoms with van der Waals surface area (Å²) in [6.45, 7) is 2.18. The highest BCUT2D eigenvalue weighted by Gasteiger charge is 2.03. The van der Waals surface area contributed by atoms with Crippen LogP contribution in [0.3, 0.4) is 0 Å². The maximum Gasteiger partial charge on any atom is 0.223 e. The number of hydrogen-bond acceptors (Lipinski definition) is 7. The number of nitrogens with zero attached hydrogens (tertiary/aromatic N) is 4. The van der Waals surface area contributed by atoms with Crippen LogP contribution in [0.25, 0.3) is 0 Å². The van der Waals surface area contributed by atoms with E-state index in [1.807, 2.05) is 0 Å². The van der Waals surface area contributed by atoms with E-state index in [-0.39, 0.29) is 0 Å². The second kappa shape index (κ2) is 4.56. The highest BCUT2D eigenvalue weighted by atomic mass is 16.5. The molecule has 0 atom stereocenters. The second-order valence-electron chi connectivity index (χ2n) is 3.03. The molecule has 2 rings (SSSR count). The summed E-state index contributed by atoms with van der Waals surface area (Å²) in [6, 6.07) is 1.69. The number of aromatic nitrogens is 4. The van der Waals surface area contributed by atoms with Gasteiger partial charge in [0.15, 0.2) is 5.82 Å². The maximum atomic E-state index is 4.97. The van der Waals surface area contributed by atoms with Gasteiger partial charge in [0.05, 0.1) is 13.7 Å². The third-order valence-corrected chi connectivity index (χ3v) is 1.85. The average Bonchev–Trinajstić information content (AvgIpc) is 2.73. The molecule has 2 aromatic rings. The average molecular weight is 221 g/mol. The summed E-state index contributed by atoms with van der Waals surface area (Å²) in [4.78, 5) is 12.0. The Bertz CT molecular complexity index is 470. The van der Waals surface area contributed by atoms with Crippen LogP contribution in [0.4, 0.5) is 5.82 Å². The van der Waals surface area contributed by atoms with Crippen LogP contribution in [-0.2, 0) is 6.54 Å². The fraction of sp³-hybridized carbons (Fsp3) is 0.333. The van der Waals surface area contributed by atoms with Crippen molar-refractivity contribution in [1.29, 1.82) is 0 Å². The molecule has 0 amide bonds. The van der Waals surface area contributed by atoms with Crippen LogP contribution in [0.2, 0.25) is 0 Å². The second-order valence-corrected chi connectivity index (χ2v) is 3.03. The van der Waals surface area contributed by atoms with Crippen molar-refractivity contribution in [1.82, 2.24) is 20.1 Å². The molecule has 0 spiro atoms. The van der Waals surface area contributed by atoms with Gasteiger partial charge in [-0.25, -0.2) is 9.97 Å². The zero-order chi connectivity index (χ0) is 11.4. The molecule has 0 aliphatic rings. The molecule has 0 saturated carbocycles. The van der Waals surface area contributed by atoms with E-state index in [1.54, 1.807) is 20.1 Å². The van der Waals surface area contributed by atoms with Gasteiger partial charge in [-0.15, -0.1) is 0 Å². The minimum atomic E-state index is 0.442. The first-order chi connectivity index (χ1) is 7.78. The van der Waals surface area contributed by atoms with Crippen LogP contribution in [0.1, 0.15) is 11.7 Å². The first kappa shape index (κ1) is 10.3. The fourth-order valence-corrected chi connectivity index (χ4v) is 1.13. The molecule has 2 aromatic heterocycles. The lowest BCUT2D eigenvalue weighted by atomic mass is 10.5. The van der Waals surface area contributed by atoms with Crippen LogP contribution in [0.15, 0.2) is 16.9 Å². The summed E-state index contributed by atoms with van der Waals surface area (Å²) in [6.07, 6.45) is 1.42. The first-order valence-corrected chi connectivity index (χ1v) is 4.67. The van der Waals surface area contributed by atoms with Gasteiger partial charge < -0.3 is 14.6 Å². The Hall–Kier alpha value is -2.18. The van der Waals surface area contributed by atoms with Crippen LogP contribution < -0.4 is 10.1 Å². The molecule has 84 valence electrons. The van der Waals surface area contributed by atoms with E-state index in [0.717, 1.165) is 0 Å². The van der Waals surface area contributed by atoms with Gasteiger partial charge in [0.1, 0.15) is 12.1 Å². The van der Waals surface area contributed by atoms with Gasteiger partial charge in [0, 0.05) is 13.0 Å². The predicted molar refractivity (Wildman–Crippen MR) is 54.9 cm³/mol. The molecule has 7 nitrogen and oxygen atoms in total. The van der Waals surface area contributed by atoms with Crippen LogP contribution in [0, 0.1) is 6.92 Å². The summed E-state index contributed by atoms with van der Waals surface area (Å²) in [7, 11) is 1.55. The highest BCUT2D eigenvalue weighted by molar-refractivity contribution is 5.36. The van der Waals surface area contributed by atoms with Gasteiger partial charge in [-0.1, -0.05) is 5.16 Å². The summed E-state index contributed by atoms with van der Waals surface area (Å²) in [5.41, 5.74) is 0. The SMILES string of the molecule is COc1cc(NCc2noc(C)n2)ncn1. The number of anilines is 1. The zero-order valence-corrected chi connectivity index (χ0v) is 8.97. The summed E-state index contributed by atoms with van der Waals surface area (Å²) in [5, 5.41) is 6.78. The van der Waals surface area contributed by atoms with Crippen molar-refractivity contribution in [3.63, 3.8) is 0 Å². The Morgan fingerprint density at radius 1 is 1.44 bits per heavy atom. The van der Waals surface area contributed by atoms with Crippen LogP contribution in [-0.4, -0.2) is 27.2 Å². The molecule has 0 bridgehead atoms. The van der Waals surface area contributed by atoms with Gasteiger partial charge in [0.2, 0.25) is 11.8 Å². The van der Waals surface area contributed by atoms with E-state index in [0.29, 0.717) is 30.0 Å². The Balaban J connectivity index is 1.99. The van der Waals surface area contributed by atoms with Crippen LogP contribution in [0.5, 0.6) is 5.88 Å². The van der Waals surface area contributed by atoms with Crippen molar-refractivity contribution in [2.45, 2.75) is 13.5 Å². The van der Waals surface area contributed by atoms with Gasteiger partial charge in [-0.05, 0) is 0 Å². The third kappa shape index (κ3) is 2.44. The maximum absolute atomic E-state index is 4.97. The van der Waals surface area contributed by atoms with Crippen molar-refractivity contribution in [2.75, 3.05) is 12.4 Å². The van der Waals surface area contributed by atoms with Crippen molar-refractivity contribution < 1.29 is 9.26 Å². The summed E-state index contributed by atoms with van der Waals surface area (Å²) < 4.78 is 9.81. The lowest BCUT2D eigenvalue weighted by Gasteiger charge is -2.03. The molecule has 2 heterocycles. The quantitative estimate of drug-likeness (QED) is 0.816. The van der Waals surface area contributed by atoms with Crippen molar-refractivity contribution in [3.8, 4) is 5.88 Å². The smallest absolute Gasteiger partial charge is 0.223 e. The van der Waals surface area contributed by atoms with E-state index in [4.69, 9.17) is 9.26 Å². The molecule has 0 aliphatic heterocycles. The van der Waals surface area contributed by atoms with E-state index in [2.05, 4.69) is 25.4 Å². The van der Waals surface area contributed by atoms with Gasteiger partial charge >= 0.3 is 0 Å². The van der Waals surface area contributed by atoms with Crippen molar-refractivity contribution >= 4 is 5.82 Å². The summed E-state index contributed by atoms with van der Waals surface area (Å²) >= 11 is 0. The van der Waals surface area contributed by atoms with E-state index < -0.39 is 0 Å². The zero-order valence-electron chi connectivity index (χ0n) is 8.97. The van der Waals surface area contributed by atoms with Gasteiger partial charge in [-0.3, -0.25) is 0 Å². The third-order valence-electron chi connectivity index (χ3n) is 1.85. The lowest BCUT2D eigenvalue weighted by molar-refractivity contribution is 0.388. The molecule has 7 heteroatoms. The molecule has 16 heavy (non-hydrogen) atoms. The minimum absolute atomic E-state index is 0.442. The number of rotatable bonds is 4. The Morgan fingerprint density at radius 3 is 3.00 bits per heavy atom. The molecule has 0 aliphatic carbocycles. The Labute approximate surface area is 91.9 Å². The van der Waals surface area contributed by atoms with Gasteiger partial charge in [-0.2, -0.15) is 4.98 Å². The van der Waals surface area contributed by atoms with Gasteiger partial charge in [0.25, 0.3) is 0 Å². The minimum Gasteiger partial charge on any atom is -0.481 e. The van der Waals surface area contributed by atoms with Crippen LogP contribution >= 0.6 is 0 Å². The molecule has 0 unspecified atom stereocenters. The monoisotopic (exact) mass is 221 g/mol. The molecule has 0 fully saturated rings. The number of aryl methyl sites for hydroxylation is 1. The largest absolute Gasteiger partial charge is 0.481 e. The van der Waals surface area contributed by atoms with E-state index in [1.165, 1.54) is 6.33 Å².